The number of benzene rings is 2. The van der Waals surface area contributed by atoms with Gasteiger partial charge in [0, 0.05) is 4.47 Å². The Labute approximate surface area is 143 Å². The summed E-state index contributed by atoms with van der Waals surface area (Å²) in [5.41, 5.74) is 7.34. The number of aryl methyl sites for hydroxylation is 1. The van der Waals surface area contributed by atoms with Gasteiger partial charge in [-0.1, -0.05) is 79.2 Å². The number of unbranched alkanes of at least 4 members (excludes halogenated alkanes) is 5. The fourth-order valence-corrected chi connectivity index (χ4v) is 3.91. The summed E-state index contributed by atoms with van der Waals surface area (Å²) < 4.78 is 1.19. The monoisotopic (exact) mass is 356 g/mol. The van der Waals surface area contributed by atoms with Crippen LogP contribution < -0.4 is 0 Å². The van der Waals surface area contributed by atoms with Crippen LogP contribution in [0.15, 0.2) is 40.9 Å². The first-order valence-electron chi connectivity index (χ1n) is 8.68. The van der Waals surface area contributed by atoms with E-state index in [-0.39, 0.29) is 0 Å². The van der Waals surface area contributed by atoms with Crippen LogP contribution in [0.4, 0.5) is 0 Å². The van der Waals surface area contributed by atoms with Crippen molar-refractivity contribution >= 4 is 15.9 Å². The summed E-state index contributed by atoms with van der Waals surface area (Å²) in [5.74, 6) is 0. The van der Waals surface area contributed by atoms with Gasteiger partial charge < -0.3 is 0 Å². The van der Waals surface area contributed by atoms with Gasteiger partial charge in [-0.3, -0.25) is 0 Å². The molecule has 0 fully saturated rings. The maximum atomic E-state index is 3.58. The van der Waals surface area contributed by atoms with Crippen LogP contribution in [0.5, 0.6) is 0 Å². The molecule has 0 aliphatic heterocycles. The quantitative estimate of drug-likeness (QED) is 0.403. The Morgan fingerprint density at radius 2 is 1.50 bits per heavy atom. The lowest BCUT2D eigenvalue weighted by Gasteiger charge is -2.06. The van der Waals surface area contributed by atoms with Crippen molar-refractivity contribution in [3.8, 4) is 11.1 Å². The Morgan fingerprint density at radius 1 is 0.818 bits per heavy atom. The SMILES string of the molecule is CCCCCCCCc1ccc2c(c1)Cc1cc(Br)ccc1-2. The summed E-state index contributed by atoms with van der Waals surface area (Å²) >= 11 is 3.58. The first kappa shape index (κ1) is 15.8. The summed E-state index contributed by atoms with van der Waals surface area (Å²) in [6, 6.07) is 13.8. The zero-order valence-electron chi connectivity index (χ0n) is 13.5. The lowest BCUT2D eigenvalue weighted by Crippen LogP contribution is -1.89. The Bertz CT molecular complexity index is 642. The second-order valence-corrected chi connectivity index (χ2v) is 7.40. The molecule has 0 aromatic heterocycles. The highest BCUT2D eigenvalue weighted by Gasteiger charge is 2.18. The minimum Gasteiger partial charge on any atom is -0.0654 e. The standard InChI is InChI=1S/C21H25Br/c1-2-3-4-5-6-7-8-16-9-11-20-17(13-16)14-18-15-19(22)10-12-21(18)20/h9-13,15H,2-8,14H2,1H3. The second kappa shape index (κ2) is 7.46. The van der Waals surface area contributed by atoms with Crippen LogP contribution in [0.2, 0.25) is 0 Å². The Balaban J connectivity index is 1.60. The molecule has 0 amide bonds. The third-order valence-corrected chi connectivity index (χ3v) is 5.22. The molecule has 0 heterocycles. The average molecular weight is 357 g/mol. The normalized spacial score (nSPS) is 12.3. The van der Waals surface area contributed by atoms with Crippen LogP contribution >= 0.6 is 15.9 Å². The van der Waals surface area contributed by atoms with Gasteiger partial charge in [0.05, 0.1) is 0 Å². The molecule has 116 valence electrons. The molecule has 0 N–H and O–H groups in total. The second-order valence-electron chi connectivity index (χ2n) is 6.49. The third-order valence-electron chi connectivity index (χ3n) is 4.73. The van der Waals surface area contributed by atoms with Crippen LogP contribution in [0.1, 0.15) is 62.1 Å². The van der Waals surface area contributed by atoms with E-state index >= 15 is 0 Å². The third kappa shape index (κ3) is 3.63. The molecule has 1 aliphatic carbocycles. The van der Waals surface area contributed by atoms with Gasteiger partial charge in [0.25, 0.3) is 0 Å². The molecule has 22 heavy (non-hydrogen) atoms. The summed E-state index contributed by atoms with van der Waals surface area (Å²) in [7, 11) is 0. The molecular formula is C21H25Br. The average Bonchev–Trinajstić information content (AvgIpc) is 2.87. The number of hydrogen-bond donors (Lipinski definition) is 0. The van der Waals surface area contributed by atoms with Crippen molar-refractivity contribution in [2.45, 2.75) is 58.3 Å². The van der Waals surface area contributed by atoms with Gasteiger partial charge in [-0.05, 0) is 59.2 Å². The minimum absolute atomic E-state index is 1.09. The van der Waals surface area contributed by atoms with E-state index in [9.17, 15) is 0 Å². The Kier molecular flexibility index (Phi) is 5.36. The predicted octanol–water partition coefficient (Wildman–Crippen LogP) is 6.92. The van der Waals surface area contributed by atoms with Gasteiger partial charge in [0.15, 0.2) is 0 Å². The number of hydrogen-bond acceptors (Lipinski definition) is 0. The summed E-state index contributed by atoms with van der Waals surface area (Å²) in [5, 5.41) is 0. The van der Waals surface area contributed by atoms with Crippen molar-refractivity contribution < 1.29 is 0 Å². The molecule has 0 nitrogen and oxygen atoms in total. The van der Waals surface area contributed by atoms with Crippen molar-refractivity contribution in [3.63, 3.8) is 0 Å². The van der Waals surface area contributed by atoms with Gasteiger partial charge in [-0.15, -0.1) is 0 Å². The fraction of sp³-hybridized carbons (Fsp3) is 0.429. The van der Waals surface area contributed by atoms with Crippen LogP contribution in [-0.2, 0) is 12.8 Å². The predicted molar refractivity (Wildman–Crippen MR) is 99.5 cm³/mol. The van der Waals surface area contributed by atoms with Crippen molar-refractivity contribution in [1.29, 1.82) is 0 Å². The zero-order valence-corrected chi connectivity index (χ0v) is 15.1. The molecule has 0 saturated carbocycles. The van der Waals surface area contributed by atoms with E-state index in [0.717, 1.165) is 6.42 Å². The molecule has 2 aromatic carbocycles. The van der Waals surface area contributed by atoms with E-state index in [4.69, 9.17) is 0 Å². The highest BCUT2D eigenvalue weighted by Crippen LogP contribution is 2.38. The maximum Gasteiger partial charge on any atom is 0.0178 e. The van der Waals surface area contributed by atoms with Gasteiger partial charge in [0.1, 0.15) is 0 Å². The number of fused-ring (bicyclic) bond motifs is 3. The van der Waals surface area contributed by atoms with E-state index in [1.165, 1.54) is 77.2 Å². The van der Waals surface area contributed by atoms with E-state index in [1.807, 2.05) is 0 Å². The summed E-state index contributed by atoms with van der Waals surface area (Å²) in [6.07, 6.45) is 10.6. The molecule has 2 aromatic rings. The highest BCUT2D eigenvalue weighted by molar-refractivity contribution is 9.10. The van der Waals surface area contributed by atoms with E-state index in [1.54, 1.807) is 0 Å². The lowest BCUT2D eigenvalue weighted by molar-refractivity contribution is 0.607. The first-order valence-corrected chi connectivity index (χ1v) is 9.48. The van der Waals surface area contributed by atoms with Crippen LogP contribution in [0, 0.1) is 0 Å². The van der Waals surface area contributed by atoms with Gasteiger partial charge >= 0.3 is 0 Å². The first-order chi connectivity index (χ1) is 10.8. The Hall–Kier alpha value is -1.08. The van der Waals surface area contributed by atoms with Gasteiger partial charge in [0.2, 0.25) is 0 Å². The number of rotatable bonds is 7. The zero-order chi connectivity index (χ0) is 15.4. The molecule has 0 bridgehead atoms. The molecule has 0 spiro atoms. The van der Waals surface area contributed by atoms with Crippen molar-refractivity contribution in [1.82, 2.24) is 0 Å². The number of halogens is 1. The van der Waals surface area contributed by atoms with Crippen LogP contribution in [-0.4, -0.2) is 0 Å². The Morgan fingerprint density at radius 3 is 2.32 bits per heavy atom. The molecule has 0 unspecified atom stereocenters. The molecule has 0 radical (unpaired) electrons. The van der Waals surface area contributed by atoms with Crippen molar-refractivity contribution in [3.05, 3.63) is 57.6 Å². The van der Waals surface area contributed by atoms with E-state index in [2.05, 4.69) is 59.3 Å². The van der Waals surface area contributed by atoms with Crippen molar-refractivity contribution in [2.24, 2.45) is 0 Å². The molecular weight excluding hydrogens is 332 g/mol. The van der Waals surface area contributed by atoms with Gasteiger partial charge in [-0.2, -0.15) is 0 Å². The summed E-state index contributed by atoms with van der Waals surface area (Å²) in [6.45, 7) is 2.28. The maximum absolute atomic E-state index is 3.58. The van der Waals surface area contributed by atoms with Gasteiger partial charge in [-0.25, -0.2) is 0 Å². The summed E-state index contributed by atoms with van der Waals surface area (Å²) in [4.78, 5) is 0. The topological polar surface area (TPSA) is 0 Å². The molecule has 1 heteroatoms. The molecule has 0 saturated heterocycles. The fourth-order valence-electron chi connectivity index (χ4n) is 3.50. The smallest absolute Gasteiger partial charge is 0.0178 e. The van der Waals surface area contributed by atoms with Crippen molar-refractivity contribution in [2.75, 3.05) is 0 Å². The highest BCUT2D eigenvalue weighted by atomic mass is 79.9. The molecule has 0 atom stereocenters. The van der Waals surface area contributed by atoms with E-state index in [0.29, 0.717) is 0 Å². The molecule has 3 rings (SSSR count). The van der Waals surface area contributed by atoms with Crippen LogP contribution in [0.25, 0.3) is 11.1 Å². The lowest BCUT2D eigenvalue weighted by atomic mass is 10.00. The minimum atomic E-state index is 1.09. The van der Waals surface area contributed by atoms with E-state index < -0.39 is 0 Å². The van der Waals surface area contributed by atoms with Crippen LogP contribution in [0.3, 0.4) is 0 Å². The molecule has 1 aliphatic rings. The largest absolute Gasteiger partial charge is 0.0654 e.